The van der Waals surface area contributed by atoms with Crippen LogP contribution in [0.5, 0.6) is 0 Å². The fourth-order valence-corrected chi connectivity index (χ4v) is 2.49. The molecule has 0 unspecified atom stereocenters. The molecule has 0 aliphatic heterocycles. The predicted molar refractivity (Wildman–Crippen MR) is 67.2 cm³/mol. The van der Waals surface area contributed by atoms with E-state index in [4.69, 9.17) is 5.26 Å². The Morgan fingerprint density at radius 1 is 1.48 bits per heavy atom. The number of hydrogen-bond acceptors (Lipinski definition) is 6. The topological polar surface area (TPSA) is 142 Å². The third-order valence-electron chi connectivity index (χ3n) is 2.42. The van der Waals surface area contributed by atoms with Crippen LogP contribution in [0.4, 0.5) is 15.9 Å². The molecule has 1 aromatic carbocycles. The Bertz CT molecular complexity index is 855. The minimum absolute atomic E-state index is 0.0547. The van der Waals surface area contributed by atoms with Crippen LogP contribution >= 0.6 is 0 Å². The molecule has 2 rings (SSSR count). The predicted octanol–water partition coefficient (Wildman–Crippen LogP) is 1.13. The number of nitro groups is 1. The van der Waals surface area contributed by atoms with E-state index in [0.717, 1.165) is 18.3 Å². The van der Waals surface area contributed by atoms with Crippen LogP contribution in [0.2, 0.25) is 0 Å². The van der Waals surface area contributed by atoms with Gasteiger partial charge in [0.2, 0.25) is 5.82 Å². The van der Waals surface area contributed by atoms with E-state index in [1.807, 2.05) is 4.72 Å². The molecule has 108 valence electrons. The van der Waals surface area contributed by atoms with Crippen molar-refractivity contribution in [2.75, 3.05) is 4.72 Å². The third kappa shape index (κ3) is 2.79. The molecule has 0 amide bonds. The smallest absolute Gasteiger partial charge is 0.263 e. The summed E-state index contributed by atoms with van der Waals surface area (Å²) in [4.78, 5) is 8.98. The number of rotatable bonds is 4. The van der Waals surface area contributed by atoms with Crippen LogP contribution in [0, 0.1) is 27.3 Å². The molecule has 2 aromatic rings. The molecule has 0 bridgehead atoms. The molecule has 11 heteroatoms. The van der Waals surface area contributed by atoms with Crippen LogP contribution in [0.1, 0.15) is 5.56 Å². The quantitative estimate of drug-likeness (QED) is 0.640. The van der Waals surface area contributed by atoms with Crippen LogP contribution in [-0.2, 0) is 10.0 Å². The fourth-order valence-electron chi connectivity index (χ4n) is 1.44. The van der Waals surface area contributed by atoms with Crippen LogP contribution in [0.15, 0.2) is 29.3 Å². The molecule has 0 aliphatic rings. The number of halogens is 1. The number of aromatic amines is 1. The zero-order chi connectivity index (χ0) is 15.6. The first-order valence-electron chi connectivity index (χ1n) is 5.25. The van der Waals surface area contributed by atoms with Gasteiger partial charge in [0.05, 0.1) is 16.0 Å². The van der Waals surface area contributed by atoms with E-state index in [1.54, 1.807) is 6.07 Å². The van der Waals surface area contributed by atoms with E-state index < -0.39 is 31.3 Å². The van der Waals surface area contributed by atoms with Crippen molar-refractivity contribution < 1.29 is 17.7 Å². The Balaban J connectivity index is 2.39. The molecule has 0 saturated carbocycles. The number of nitro benzene ring substituents is 1. The summed E-state index contributed by atoms with van der Waals surface area (Å²) in [5.41, 5.74) is -0.894. The van der Waals surface area contributed by atoms with Crippen molar-refractivity contribution in [1.82, 2.24) is 10.2 Å². The molecule has 9 nitrogen and oxygen atoms in total. The lowest BCUT2D eigenvalue weighted by Crippen LogP contribution is -2.14. The minimum Gasteiger partial charge on any atom is -0.263 e. The Hall–Kier alpha value is -3.00. The highest BCUT2D eigenvalue weighted by Crippen LogP contribution is 2.22. The summed E-state index contributed by atoms with van der Waals surface area (Å²) in [6.45, 7) is 0. The number of nitrogens with one attached hydrogen (secondary N) is 2. The monoisotopic (exact) mass is 311 g/mol. The molecule has 0 spiro atoms. The van der Waals surface area contributed by atoms with Gasteiger partial charge >= 0.3 is 5.69 Å². The standard InChI is InChI=1S/C10H6FN5O4S/c11-8-3-7(1-2-9(8)16(17)18)21(19,20)15-10-6(4-12)5-13-14-10/h1-3,5H,(H2,13,14,15). The lowest BCUT2D eigenvalue weighted by atomic mass is 10.3. The summed E-state index contributed by atoms with van der Waals surface area (Å²) in [5, 5.41) is 25.0. The molecule has 1 aromatic heterocycles. The lowest BCUT2D eigenvalue weighted by Gasteiger charge is -2.06. The summed E-state index contributed by atoms with van der Waals surface area (Å²) in [7, 11) is -4.22. The number of sulfonamides is 1. The first-order valence-corrected chi connectivity index (χ1v) is 6.73. The first kappa shape index (κ1) is 14.4. The number of hydrogen-bond donors (Lipinski definition) is 2. The van der Waals surface area contributed by atoms with E-state index >= 15 is 0 Å². The maximum atomic E-state index is 13.4. The second-order valence-electron chi connectivity index (χ2n) is 3.75. The van der Waals surface area contributed by atoms with Crippen molar-refractivity contribution in [3.63, 3.8) is 0 Å². The molecule has 0 fully saturated rings. The van der Waals surface area contributed by atoms with Crippen molar-refractivity contribution in [3.05, 3.63) is 45.9 Å². The van der Waals surface area contributed by atoms with Crippen LogP contribution in [0.25, 0.3) is 0 Å². The molecule has 1 heterocycles. The third-order valence-corrected chi connectivity index (χ3v) is 3.77. The highest BCUT2D eigenvalue weighted by molar-refractivity contribution is 7.92. The second kappa shape index (κ2) is 5.17. The zero-order valence-corrected chi connectivity index (χ0v) is 10.9. The van der Waals surface area contributed by atoms with Crippen LogP contribution in [0.3, 0.4) is 0 Å². The number of nitrogens with zero attached hydrogens (tertiary/aromatic N) is 3. The van der Waals surface area contributed by atoms with Gasteiger partial charge in [0.15, 0.2) is 5.82 Å². The molecule has 0 saturated heterocycles. The summed E-state index contributed by atoms with van der Waals surface area (Å²) < 4.78 is 39.4. The molecule has 0 radical (unpaired) electrons. The number of nitriles is 1. The summed E-state index contributed by atoms with van der Waals surface area (Å²) in [6.07, 6.45) is 1.11. The van der Waals surface area contributed by atoms with Gasteiger partial charge in [-0.05, 0) is 6.07 Å². The Morgan fingerprint density at radius 2 is 2.19 bits per heavy atom. The van der Waals surface area contributed by atoms with Gasteiger partial charge in [-0.25, -0.2) is 8.42 Å². The molecule has 0 aliphatic carbocycles. The van der Waals surface area contributed by atoms with Gasteiger partial charge in [-0.3, -0.25) is 19.9 Å². The minimum atomic E-state index is -4.22. The van der Waals surface area contributed by atoms with Gasteiger partial charge in [0, 0.05) is 12.1 Å². The molecular formula is C10H6FN5O4S. The first-order chi connectivity index (χ1) is 9.85. The average Bonchev–Trinajstić information content (AvgIpc) is 2.84. The van der Waals surface area contributed by atoms with Crippen LogP contribution in [-0.4, -0.2) is 23.5 Å². The van der Waals surface area contributed by atoms with E-state index in [0.29, 0.717) is 6.07 Å². The van der Waals surface area contributed by atoms with Gasteiger partial charge in [-0.1, -0.05) is 0 Å². The lowest BCUT2D eigenvalue weighted by molar-refractivity contribution is -0.387. The maximum Gasteiger partial charge on any atom is 0.304 e. The van der Waals surface area contributed by atoms with Gasteiger partial charge in [0.1, 0.15) is 11.6 Å². The van der Waals surface area contributed by atoms with E-state index in [1.165, 1.54) is 0 Å². The highest BCUT2D eigenvalue weighted by atomic mass is 32.2. The van der Waals surface area contributed by atoms with Crippen molar-refractivity contribution in [1.29, 1.82) is 5.26 Å². The largest absolute Gasteiger partial charge is 0.304 e. The summed E-state index contributed by atoms with van der Waals surface area (Å²) in [5.74, 6) is -1.47. The Labute approximate surface area is 117 Å². The Morgan fingerprint density at radius 3 is 2.76 bits per heavy atom. The molecule has 21 heavy (non-hydrogen) atoms. The van der Waals surface area contributed by atoms with E-state index in [2.05, 4.69) is 10.2 Å². The normalized spacial score (nSPS) is 10.9. The molecular weight excluding hydrogens is 305 g/mol. The average molecular weight is 311 g/mol. The van der Waals surface area contributed by atoms with Crippen molar-refractivity contribution in [3.8, 4) is 6.07 Å². The van der Waals surface area contributed by atoms with Gasteiger partial charge < -0.3 is 0 Å². The van der Waals surface area contributed by atoms with Gasteiger partial charge in [-0.15, -0.1) is 0 Å². The SMILES string of the molecule is N#Cc1cn[nH]c1NS(=O)(=O)c1ccc([N+](=O)[O-])c(F)c1. The zero-order valence-electron chi connectivity index (χ0n) is 10.1. The van der Waals surface area contributed by atoms with Crippen molar-refractivity contribution in [2.45, 2.75) is 4.90 Å². The summed E-state index contributed by atoms with van der Waals surface area (Å²) in [6, 6.07) is 3.84. The van der Waals surface area contributed by atoms with E-state index in [-0.39, 0.29) is 11.4 Å². The number of anilines is 1. The number of aromatic nitrogens is 2. The van der Waals surface area contributed by atoms with Crippen molar-refractivity contribution >= 4 is 21.5 Å². The number of H-pyrrole nitrogens is 1. The van der Waals surface area contributed by atoms with Gasteiger partial charge in [-0.2, -0.15) is 14.8 Å². The fraction of sp³-hybridized carbons (Fsp3) is 0. The molecule has 2 N–H and O–H groups in total. The molecule has 0 atom stereocenters. The van der Waals surface area contributed by atoms with Crippen molar-refractivity contribution in [2.24, 2.45) is 0 Å². The van der Waals surface area contributed by atoms with Gasteiger partial charge in [0.25, 0.3) is 10.0 Å². The van der Waals surface area contributed by atoms with Crippen LogP contribution < -0.4 is 4.72 Å². The number of benzene rings is 1. The van der Waals surface area contributed by atoms with E-state index in [9.17, 15) is 22.9 Å². The summed E-state index contributed by atoms with van der Waals surface area (Å²) >= 11 is 0. The second-order valence-corrected chi connectivity index (χ2v) is 5.43. The Kier molecular flexibility index (Phi) is 3.55. The maximum absolute atomic E-state index is 13.4. The highest BCUT2D eigenvalue weighted by Gasteiger charge is 2.22.